The van der Waals surface area contributed by atoms with Crippen LogP contribution in [0, 0.1) is 0 Å². The molecule has 5 heteroatoms. The molecule has 92 valence electrons. The van der Waals surface area contributed by atoms with Gasteiger partial charge in [0, 0.05) is 19.8 Å². The Balaban J connectivity index is 2.84. The molecule has 0 radical (unpaired) electrons. The van der Waals surface area contributed by atoms with Crippen LogP contribution in [0.5, 0.6) is 5.75 Å². The van der Waals surface area contributed by atoms with Crippen LogP contribution in [0.2, 0.25) is 0 Å². The SMILES string of the molecule is CC(=O)c1cc(N)ccc1OCC(=O)N(C)C. The molecule has 0 fully saturated rings. The van der Waals surface area contributed by atoms with Gasteiger partial charge in [0.1, 0.15) is 5.75 Å². The van der Waals surface area contributed by atoms with E-state index in [-0.39, 0.29) is 18.3 Å². The number of rotatable bonds is 4. The zero-order chi connectivity index (χ0) is 13.0. The van der Waals surface area contributed by atoms with Crippen LogP contribution < -0.4 is 10.5 Å². The molecule has 0 aromatic heterocycles. The maximum absolute atomic E-state index is 11.4. The van der Waals surface area contributed by atoms with E-state index in [9.17, 15) is 9.59 Å². The lowest BCUT2D eigenvalue weighted by molar-refractivity contribution is -0.130. The summed E-state index contributed by atoms with van der Waals surface area (Å²) >= 11 is 0. The van der Waals surface area contributed by atoms with Crippen LogP contribution in [0.3, 0.4) is 0 Å². The van der Waals surface area contributed by atoms with Gasteiger partial charge in [-0.05, 0) is 25.1 Å². The molecule has 1 aromatic carbocycles. The average Bonchev–Trinajstić information content (AvgIpc) is 2.26. The lowest BCUT2D eigenvalue weighted by atomic mass is 10.1. The number of benzene rings is 1. The van der Waals surface area contributed by atoms with Gasteiger partial charge in [-0.2, -0.15) is 0 Å². The normalized spacial score (nSPS) is 9.82. The molecule has 0 aliphatic heterocycles. The lowest BCUT2D eigenvalue weighted by Gasteiger charge is -2.13. The van der Waals surface area contributed by atoms with Crippen LogP contribution >= 0.6 is 0 Å². The Bertz CT molecular complexity index is 441. The number of likely N-dealkylation sites (N-methyl/N-ethyl adjacent to an activating group) is 1. The number of nitrogen functional groups attached to an aromatic ring is 1. The molecule has 0 aliphatic rings. The highest BCUT2D eigenvalue weighted by atomic mass is 16.5. The van der Waals surface area contributed by atoms with Crippen LogP contribution in [0.15, 0.2) is 18.2 Å². The fourth-order valence-corrected chi connectivity index (χ4v) is 1.22. The van der Waals surface area contributed by atoms with E-state index in [0.29, 0.717) is 17.0 Å². The summed E-state index contributed by atoms with van der Waals surface area (Å²) in [5, 5.41) is 0. The predicted octanol–water partition coefficient (Wildman–Crippen LogP) is 0.938. The monoisotopic (exact) mass is 236 g/mol. The Morgan fingerprint density at radius 1 is 1.35 bits per heavy atom. The van der Waals surface area contributed by atoms with Gasteiger partial charge in [-0.3, -0.25) is 9.59 Å². The van der Waals surface area contributed by atoms with Crippen LogP contribution in [0.4, 0.5) is 5.69 Å². The first-order valence-electron chi connectivity index (χ1n) is 5.15. The van der Waals surface area contributed by atoms with Crippen molar-refractivity contribution in [2.45, 2.75) is 6.92 Å². The number of hydrogen-bond acceptors (Lipinski definition) is 4. The van der Waals surface area contributed by atoms with Crippen molar-refractivity contribution in [1.29, 1.82) is 0 Å². The van der Waals surface area contributed by atoms with Gasteiger partial charge in [-0.25, -0.2) is 0 Å². The molecule has 17 heavy (non-hydrogen) atoms. The molecule has 1 amide bonds. The van der Waals surface area contributed by atoms with Crippen molar-refractivity contribution >= 4 is 17.4 Å². The first kappa shape index (κ1) is 13.0. The minimum Gasteiger partial charge on any atom is -0.483 e. The van der Waals surface area contributed by atoms with E-state index in [0.717, 1.165) is 0 Å². The van der Waals surface area contributed by atoms with Crippen molar-refractivity contribution in [2.24, 2.45) is 0 Å². The maximum Gasteiger partial charge on any atom is 0.259 e. The van der Waals surface area contributed by atoms with E-state index in [4.69, 9.17) is 10.5 Å². The van der Waals surface area contributed by atoms with Crippen molar-refractivity contribution in [1.82, 2.24) is 4.90 Å². The molecule has 0 saturated heterocycles. The second-order valence-electron chi connectivity index (χ2n) is 3.89. The quantitative estimate of drug-likeness (QED) is 0.623. The largest absolute Gasteiger partial charge is 0.483 e. The zero-order valence-corrected chi connectivity index (χ0v) is 10.2. The smallest absolute Gasteiger partial charge is 0.259 e. The number of amides is 1. The molecule has 0 atom stereocenters. The third kappa shape index (κ3) is 3.48. The van der Waals surface area contributed by atoms with Crippen molar-refractivity contribution in [3.63, 3.8) is 0 Å². The minimum absolute atomic E-state index is 0.100. The third-order valence-corrected chi connectivity index (χ3v) is 2.23. The molecular weight excluding hydrogens is 220 g/mol. The molecule has 0 spiro atoms. The summed E-state index contributed by atoms with van der Waals surface area (Å²) in [6, 6.07) is 4.76. The fourth-order valence-electron chi connectivity index (χ4n) is 1.22. The van der Waals surface area contributed by atoms with Gasteiger partial charge in [-0.15, -0.1) is 0 Å². The number of carbonyl (C=O) groups is 2. The zero-order valence-electron chi connectivity index (χ0n) is 10.2. The molecule has 1 aromatic rings. The Morgan fingerprint density at radius 2 is 2.00 bits per heavy atom. The summed E-state index contributed by atoms with van der Waals surface area (Å²) in [7, 11) is 3.28. The van der Waals surface area contributed by atoms with Crippen LogP contribution in [-0.2, 0) is 4.79 Å². The molecule has 5 nitrogen and oxygen atoms in total. The summed E-state index contributed by atoms with van der Waals surface area (Å²) in [4.78, 5) is 24.1. The van der Waals surface area contributed by atoms with Crippen molar-refractivity contribution in [2.75, 3.05) is 26.4 Å². The van der Waals surface area contributed by atoms with Gasteiger partial charge < -0.3 is 15.4 Å². The summed E-state index contributed by atoms with van der Waals surface area (Å²) in [5.41, 5.74) is 6.46. The van der Waals surface area contributed by atoms with Gasteiger partial charge in [0.05, 0.1) is 5.56 Å². The fraction of sp³-hybridized carbons (Fsp3) is 0.333. The van der Waals surface area contributed by atoms with E-state index in [1.165, 1.54) is 17.9 Å². The van der Waals surface area contributed by atoms with Crippen LogP contribution in [-0.4, -0.2) is 37.3 Å². The third-order valence-electron chi connectivity index (χ3n) is 2.23. The highest BCUT2D eigenvalue weighted by molar-refractivity contribution is 5.97. The molecular formula is C12H16N2O3. The number of nitrogens with two attached hydrogens (primary N) is 1. The molecule has 0 aliphatic carbocycles. The Hall–Kier alpha value is -2.04. The summed E-state index contributed by atoms with van der Waals surface area (Å²) in [6.45, 7) is 1.33. The predicted molar refractivity (Wildman–Crippen MR) is 65.0 cm³/mol. The second-order valence-corrected chi connectivity index (χ2v) is 3.89. The molecule has 0 unspecified atom stereocenters. The highest BCUT2D eigenvalue weighted by Gasteiger charge is 2.11. The maximum atomic E-state index is 11.4. The van der Waals surface area contributed by atoms with Crippen molar-refractivity contribution < 1.29 is 14.3 Å². The lowest BCUT2D eigenvalue weighted by Crippen LogP contribution is -2.27. The van der Waals surface area contributed by atoms with E-state index in [1.807, 2.05) is 0 Å². The number of anilines is 1. The van der Waals surface area contributed by atoms with E-state index < -0.39 is 0 Å². The molecule has 0 heterocycles. The number of nitrogens with zero attached hydrogens (tertiary/aromatic N) is 1. The van der Waals surface area contributed by atoms with Gasteiger partial charge >= 0.3 is 0 Å². The Kier molecular flexibility index (Phi) is 4.09. The summed E-state index contributed by atoms with van der Waals surface area (Å²) in [6.07, 6.45) is 0. The van der Waals surface area contributed by atoms with E-state index in [1.54, 1.807) is 26.2 Å². The van der Waals surface area contributed by atoms with Crippen molar-refractivity contribution in [3.8, 4) is 5.75 Å². The summed E-state index contributed by atoms with van der Waals surface area (Å²) < 4.78 is 5.31. The number of ketones is 1. The number of ether oxygens (including phenoxy) is 1. The van der Waals surface area contributed by atoms with Crippen LogP contribution in [0.1, 0.15) is 17.3 Å². The van der Waals surface area contributed by atoms with E-state index >= 15 is 0 Å². The molecule has 0 saturated carbocycles. The van der Waals surface area contributed by atoms with Crippen LogP contribution in [0.25, 0.3) is 0 Å². The van der Waals surface area contributed by atoms with Gasteiger partial charge in [-0.1, -0.05) is 0 Å². The van der Waals surface area contributed by atoms with Gasteiger partial charge in [0.25, 0.3) is 5.91 Å². The summed E-state index contributed by atoms with van der Waals surface area (Å²) in [5.74, 6) is 0.0582. The molecule has 0 bridgehead atoms. The second kappa shape index (κ2) is 5.34. The first-order valence-corrected chi connectivity index (χ1v) is 5.15. The highest BCUT2D eigenvalue weighted by Crippen LogP contribution is 2.21. The topological polar surface area (TPSA) is 72.6 Å². The Labute approximate surface area is 100 Å². The number of Topliss-reactive ketones (excluding diaryl/α,β-unsaturated/α-hetero) is 1. The van der Waals surface area contributed by atoms with Gasteiger partial charge in [0.15, 0.2) is 12.4 Å². The Morgan fingerprint density at radius 3 is 2.53 bits per heavy atom. The first-order chi connectivity index (χ1) is 7.91. The number of carbonyl (C=O) groups excluding carboxylic acids is 2. The van der Waals surface area contributed by atoms with E-state index in [2.05, 4.69) is 0 Å². The average molecular weight is 236 g/mol. The minimum atomic E-state index is -0.170. The number of hydrogen-bond donors (Lipinski definition) is 1. The van der Waals surface area contributed by atoms with Gasteiger partial charge in [0.2, 0.25) is 0 Å². The standard InChI is InChI=1S/C12H16N2O3/c1-8(15)10-6-9(13)4-5-11(10)17-7-12(16)14(2)3/h4-6H,7,13H2,1-3H3. The molecule has 2 N–H and O–H groups in total. The molecule has 1 rings (SSSR count). The van der Waals surface area contributed by atoms with Crippen molar-refractivity contribution in [3.05, 3.63) is 23.8 Å².